The first-order valence-electron chi connectivity index (χ1n) is 5.64. The van der Waals surface area contributed by atoms with E-state index in [0.29, 0.717) is 0 Å². The van der Waals surface area contributed by atoms with Crippen LogP contribution < -0.4 is 0 Å². The van der Waals surface area contributed by atoms with Crippen LogP contribution in [0.3, 0.4) is 0 Å². The first kappa shape index (κ1) is 17.2. The van der Waals surface area contributed by atoms with Gasteiger partial charge >= 0.3 is 0 Å². The van der Waals surface area contributed by atoms with Crippen molar-refractivity contribution < 1.29 is 29.9 Å². The molecule has 0 heterocycles. The highest BCUT2D eigenvalue weighted by Crippen LogP contribution is 2.09. The predicted molar refractivity (Wildman–Crippen MR) is 66.1 cm³/mol. The van der Waals surface area contributed by atoms with Gasteiger partial charge in [0.05, 0.1) is 26.4 Å². The summed E-state index contributed by atoms with van der Waals surface area (Å²) in [7, 11) is 0. The number of aliphatic hydroxyl groups is 4. The molecule has 0 saturated carbocycles. The van der Waals surface area contributed by atoms with Crippen molar-refractivity contribution in [3.05, 3.63) is 25.3 Å². The molecule has 0 rings (SSSR count). The van der Waals surface area contributed by atoms with Gasteiger partial charge in [-0.3, -0.25) is 0 Å². The maximum Gasteiger partial charge on any atom is 0.111 e. The van der Waals surface area contributed by atoms with E-state index >= 15 is 0 Å². The van der Waals surface area contributed by atoms with Crippen molar-refractivity contribution in [3.63, 3.8) is 0 Å². The van der Waals surface area contributed by atoms with Gasteiger partial charge in [0.1, 0.15) is 24.4 Å². The highest BCUT2D eigenvalue weighted by atomic mass is 16.5. The summed E-state index contributed by atoms with van der Waals surface area (Å²) < 4.78 is 10.4. The Morgan fingerprint density at radius 2 is 1.61 bits per heavy atom. The predicted octanol–water partition coefficient (Wildman–Crippen LogP) is -1.16. The van der Waals surface area contributed by atoms with Crippen molar-refractivity contribution in [1.82, 2.24) is 0 Å². The molecule has 6 nitrogen and oxygen atoms in total. The average molecular weight is 262 g/mol. The Morgan fingerprint density at radius 1 is 1.00 bits per heavy atom. The summed E-state index contributed by atoms with van der Waals surface area (Å²) in [5.41, 5.74) is 0. The monoisotopic (exact) mass is 262 g/mol. The van der Waals surface area contributed by atoms with Crippen LogP contribution in [0.2, 0.25) is 0 Å². The molecule has 0 aromatic carbocycles. The van der Waals surface area contributed by atoms with Crippen LogP contribution in [0, 0.1) is 0 Å². The fourth-order valence-electron chi connectivity index (χ4n) is 1.26. The number of ether oxygens (including phenoxy) is 2. The zero-order valence-corrected chi connectivity index (χ0v) is 10.3. The molecule has 6 heteroatoms. The molecule has 0 aromatic rings. The zero-order chi connectivity index (χ0) is 14.0. The van der Waals surface area contributed by atoms with Gasteiger partial charge in [-0.25, -0.2) is 0 Å². The third-order valence-corrected chi connectivity index (χ3v) is 2.26. The highest BCUT2D eigenvalue weighted by Gasteiger charge is 2.31. The summed E-state index contributed by atoms with van der Waals surface area (Å²) in [6.07, 6.45) is -2.14. The Bertz CT molecular complexity index is 233. The van der Waals surface area contributed by atoms with Crippen molar-refractivity contribution in [2.75, 3.05) is 26.4 Å². The van der Waals surface area contributed by atoms with E-state index in [0.717, 1.165) is 0 Å². The molecule has 0 aliphatic heterocycles. The topological polar surface area (TPSA) is 99.4 Å². The van der Waals surface area contributed by atoms with Crippen LogP contribution in [0.4, 0.5) is 0 Å². The van der Waals surface area contributed by atoms with Gasteiger partial charge in [0.15, 0.2) is 0 Å². The lowest BCUT2D eigenvalue weighted by Gasteiger charge is -2.28. The number of rotatable bonds is 11. The van der Waals surface area contributed by atoms with E-state index in [4.69, 9.17) is 14.6 Å². The molecule has 0 fully saturated rings. The molecule has 18 heavy (non-hydrogen) atoms. The Hall–Kier alpha value is -0.760. The van der Waals surface area contributed by atoms with Gasteiger partial charge in [-0.2, -0.15) is 0 Å². The molecule has 0 radical (unpaired) electrons. The Morgan fingerprint density at radius 3 is 2.11 bits per heavy atom. The molecule has 0 saturated heterocycles. The van der Waals surface area contributed by atoms with Crippen molar-refractivity contribution >= 4 is 0 Å². The van der Waals surface area contributed by atoms with Crippen molar-refractivity contribution in [3.8, 4) is 0 Å². The fourth-order valence-corrected chi connectivity index (χ4v) is 1.26. The Kier molecular flexibility index (Phi) is 9.76. The van der Waals surface area contributed by atoms with Crippen molar-refractivity contribution in [2.24, 2.45) is 0 Å². The zero-order valence-electron chi connectivity index (χ0n) is 10.3. The summed E-state index contributed by atoms with van der Waals surface area (Å²) in [6, 6.07) is 0. The van der Waals surface area contributed by atoms with Crippen molar-refractivity contribution in [2.45, 2.75) is 24.4 Å². The van der Waals surface area contributed by atoms with E-state index in [2.05, 4.69) is 13.2 Å². The van der Waals surface area contributed by atoms with Gasteiger partial charge in [0.25, 0.3) is 0 Å². The highest BCUT2D eigenvalue weighted by molar-refractivity contribution is 4.83. The van der Waals surface area contributed by atoms with Gasteiger partial charge in [-0.1, -0.05) is 12.2 Å². The van der Waals surface area contributed by atoms with Gasteiger partial charge in [0.2, 0.25) is 0 Å². The minimum Gasteiger partial charge on any atom is -0.394 e. The third-order valence-electron chi connectivity index (χ3n) is 2.26. The van der Waals surface area contributed by atoms with E-state index < -0.39 is 31.0 Å². The second kappa shape index (κ2) is 10.2. The summed E-state index contributed by atoms with van der Waals surface area (Å²) in [5, 5.41) is 37.3. The summed E-state index contributed by atoms with van der Waals surface area (Å²) in [5.74, 6) is 0. The van der Waals surface area contributed by atoms with E-state index in [1.807, 2.05) is 0 Å². The van der Waals surface area contributed by atoms with Crippen LogP contribution in [0.15, 0.2) is 25.3 Å². The van der Waals surface area contributed by atoms with E-state index in [1.165, 1.54) is 12.2 Å². The summed E-state index contributed by atoms with van der Waals surface area (Å²) >= 11 is 0. The molecule has 0 amide bonds. The molecule has 0 spiro atoms. The summed E-state index contributed by atoms with van der Waals surface area (Å²) in [4.78, 5) is 0. The molecule has 4 atom stereocenters. The Labute approximate surface area is 107 Å². The molecule has 0 aromatic heterocycles. The third kappa shape index (κ3) is 6.25. The molecular formula is C12H22O6. The lowest BCUT2D eigenvalue weighted by atomic mass is 10.0. The first-order chi connectivity index (χ1) is 8.58. The minimum absolute atomic E-state index is 0.0240. The normalized spacial score (nSPS) is 17.8. The quantitative estimate of drug-likeness (QED) is 0.277. The van der Waals surface area contributed by atoms with Gasteiger partial charge in [-0.05, 0) is 0 Å². The van der Waals surface area contributed by atoms with Gasteiger partial charge in [0, 0.05) is 0 Å². The maximum absolute atomic E-state index is 9.82. The average Bonchev–Trinajstić information content (AvgIpc) is 2.40. The van der Waals surface area contributed by atoms with Crippen LogP contribution in [-0.4, -0.2) is 71.3 Å². The SMILES string of the molecule is C=CCOC[C@H](OCC=C)[C@@H](O)[C@H](O)[C@H](O)CO. The molecule has 0 aliphatic rings. The molecule has 106 valence electrons. The van der Waals surface area contributed by atoms with Crippen LogP contribution in [0.25, 0.3) is 0 Å². The van der Waals surface area contributed by atoms with Gasteiger partial charge < -0.3 is 29.9 Å². The van der Waals surface area contributed by atoms with Crippen molar-refractivity contribution in [1.29, 1.82) is 0 Å². The van der Waals surface area contributed by atoms with Gasteiger partial charge in [-0.15, -0.1) is 13.2 Å². The minimum atomic E-state index is -1.52. The number of hydrogen-bond acceptors (Lipinski definition) is 6. The Balaban J connectivity index is 4.40. The number of hydrogen-bond donors (Lipinski definition) is 4. The smallest absolute Gasteiger partial charge is 0.111 e. The van der Waals surface area contributed by atoms with Crippen LogP contribution >= 0.6 is 0 Å². The lowest BCUT2D eigenvalue weighted by Crippen LogP contribution is -2.48. The largest absolute Gasteiger partial charge is 0.394 e. The van der Waals surface area contributed by atoms with E-state index in [9.17, 15) is 15.3 Å². The maximum atomic E-state index is 9.82. The van der Waals surface area contributed by atoms with E-state index in [1.54, 1.807) is 0 Å². The van der Waals surface area contributed by atoms with Crippen LogP contribution in [0.5, 0.6) is 0 Å². The second-order valence-corrected chi connectivity index (χ2v) is 3.72. The van der Waals surface area contributed by atoms with Crippen LogP contribution in [0.1, 0.15) is 0 Å². The molecule has 0 unspecified atom stereocenters. The van der Waals surface area contributed by atoms with E-state index in [-0.39, 0.29) is 19.8 Å². The number of aliphatic hydroxyl groups excluding tert-OH is 4. The lowest BCUT2D eigenvalue weighted by molar-refractivity contribution is -0.142. The molecule has 0 bridgehead atoms. The standard InChI is InChI=1S/C12H22O6/c1-3-5-17-8-10(18-6-4-2)12(16)11(15)9(14)7-13/h3-4,9-16H,1-2,5-8H2/t9-,10+,11-,12-/m1/s1. The summed E-state index contributed by atoms with van der Waals surface area (Å²) in [6.45, 7) is 6.76. The molecular weight excluding hydrogens is 240 g/mol. The molecule has 0 aliphatic carbocycles. The van der Waals surface area contributed by atoms with Crippen LogP contribution in [-0.2, 0) is 9.47 Å². The first-order valence-corrected chi connectivity index (χ1v) is 5.64. The molecule has 4 N–H and O–H groups in total. The second-order valence-electron chi connectivity index (χ2n) is 3.72. The fraction of sp³-hybridized carbons (Fsp3) is 0.667.